The molecule has 0 fully saturated rings. The van der Waals surface area contributed by atoms with Crippen molar-refractivity contribution in [2.45, 2.75) is 142 Å². The zero-order chi connectivity index (χ0) is 30.9. The summed E-state index contributed by atoms with van der Waals surface area (Å²) in [6, 6.07) is 0. The van der Waals surface area contributed by atoms with Crippen LogP contribution >= 0.6 is 0 Å². The van der Waals surface area contributed by atoms with E-state index in [2.05, 4.69) is 49.5 Å². The predicted octanol–water partition coefficient (Wildman–Crippen LogP) is 8.64. The molecule has 0 saturated carbocycles. The number of unbranched alkanes of at least 4 members (excludes halogenated alkanes) is 10. The number of rotatable bonds is 28. The van der Waals surface area contributed by atoms with Gasteiger partial charge in [0.25, 0.3) is 0 Å². The average Bonchev–Trinajstić information content (AvgIpc) is 2.99. The first-order valence-electron chi connectivity index (χ1n) is 16.5. The van der Waals surface area contributed by atoms with Crippen LogP contribution < -0.4 is 0 Å². The highest BCUT2D eigenvalue weighted by molar-refractivity contribution is 5.70. The lowest BCUT2D eigenvalue weighted by Gasteiger charge is -2.15. The zero-order valence-electron chi connectivity index (χ0n) is 26.6. The van der Waals surface area contributed by atoms with Gasteiger partial charge in [0.2, 0.25) is 0 Å². The molecule has 0 rings (SSSR count). The number of allylic oxidation sites excluding steroid dienone is 9. The third kappa shape index (κ3) is 29.1. The van der Waals surface area contributed by atoms with E-state index in [9.17, 15) is 19.8 Å². The van der Waals surface area contributed by atoms with Gasteiger partial charge in [0, 0.05) is 12.8 Å². The van der Waals surface area contributed by atoms with Crippen molar-refractivity contribution in [3.05, 3.63) is 60.8 Å². The van der Waals surface area contributed by atoms with Crippen molar-refractivity contribution in [2.75, 3.05) is 13.2 Å². The Labute approximate surface area is 256 Å². The maximum absolute atomic E-state index is 12.0. The number of esters is 2. The monoisotopic (exact) mass is 588 g/mol. The first-order valence-corrected chi connectivity index (χ1v) is 16.5. The topological polar surface area (TPSA) is 93.1 Å². The molecule has 0 saturated heterocycles. The van der Waals surface area contributed by atoms with E-state index >= 15 is 0 Å². The maximum Gasteiger partial charge on any atom is 0.306 e. The quantitative estimate of drug-likeness (QED) is 0.0411. The van der Waals surface area contributed by atoms with Gasteiger partial charge in [-0.05, 0) is 44.9 Å². The van der Waals surface area contributed by atoms with E-state index in [1.54, 1.807) is 6.08 Å². The predicted molar refractivity (Wildman–Crippen MR) is 174 cm³/mol. The second kappa shape index (κ2) is 31.5. The lowest BCUT2D eigenvalue weighted by Crippen LogP contribution is -2.28. The Morgan fingerprint density at radius 1 is 0.667 bits per heavy atom. The average molecular weight is 589 g/mol. The van der Waals surface area contributed by atoms with Crippen LogP contribution in [0, 0.1) is 0 Å². The minimum atomic E-state index is -0.801. The second-order valence-corrected chi connectivity index (χ2v) is 10.7. The van der Waals surface area contributed by atoms with Gasteiger partial charge in [0.1, 0.15) is 6.61 Å². The van der Waals surface area contributed by atoms with Crippen LogP contribution in [0.5, 0.6) is 0 Å². The molecule has 0 radical (unpaired) electrons. The molecule has 240 valence electrons. The summed E-state index contributed by atoms with van der Waals surface area (Å²) in [5.41, 5.74) is 0. The van der Waals surface area contributed by atoms with Crippen LogP contribution in [0.1, 0.15) is 129 Å². The highest BCUT2D eigenvalue weighted by Gasteiger charge is 2.15. The summed E-state index contributed by atoms with van der Waals surface area (Å²) in [6.45, 7) is 3.71. The fourth-order valence-electron chi connectivity index (χ4n) is 4.07. The molecule has 2 N–H and O–H groups in total. The molecule has 6 nitrogen and oxygen atoms in total. The molecule has 0 aromatic rings. The Kier molecular flexibility index (Phi) is 29.7. The van der Waals surface area contributed by atoms with Crippen molar-refractivity contribution >= 4 is 11.9 Å². The first-order chi connectivity index (χ1) is 20.5. The van der Waals surface area contributed by atoms with Gasteiger partial charge < -0.3 is 19.7 Å². The smallest absolute Gasteiger partial charge is 0.306 e. The SMILES string of the molecule is CCCCCCCCCCCCC(=O)O[C@@H](CO)COC(=O)CCC/C=C\C/C=C\C/C=C\C/C=C\C=C\[C@@H](O)CC. The van der Waals surface area contributed by atoms with Crippen LogP contribution in [0.3, 0.4) is 0 Å². The molecule has 6 heteroatoms. The standard InChI is InChI=1S/C36H60O6/c1-3-5-6-7-8-9-17-21-24-27-30-36(40)42-34(31-37)32-41-35(39)29-26-23-20-18-15-13-11-10-12-14-16-19-22-25-28-33(38)4-2/h11-14,18-20,22,25,28,33-34,37-38H,3-10,15-17,21,23-24,26-27,29-32H2,1-2H3/b13-11-,14-12-,20-18-,22-19-,28-25+/t33-,34-/m0/s1. The molecule has 0 heterocycles. The van der Waals surface area contributed by atoms with Crippen LogP contribution in [0.4, 0.5) is 0 Å². The molecular formula is C36H60O6. The summed E-state index contributed by atoms with van der Waals surface area (Å²) in [5.74, 6) is -0.686. The van der Waals surface area contributed by atoms with Crippen LogP contribution in [-0.4, -0.2) is 47.6 Å². The van der Waals surface area contributed by atoms with Crippen LogP contribution in [0.15, 0.2) is 60.8 Å². The Morgan fingerprint density at radius 2 is 1.21 bits per heavy atom. The van der Waals surface area contributed by atoms with Crippen LogP contribution in [-0.2, 0) is 19.1 Å². The number of aliphatic hydroxyl groups is 2. The van der Waals surface area contributed by atoms with Crippen molar-refractivity contribution in [1.29, 1.82) is 0 Å². The van der Waals surface area contributed by atoms with E-state index in [1.165, 1.54) is 44.9 Å². The van der Waals surface area contributed by atoms with Gasteiger partial charge in [-0.15, -0.1) is 0 Å². The molecule has 42 heavy (non-hydrogen) atoms. The van der Waals surface area contributed by atoms with Gasteiger partial charge in [0.05, 0.1) is 12.7 Å². The third-order valence-electron chi connectivity index (χ3n) is 6.73. The van der Waals surface area contributed by atoms with Crippen LogP contribution in [0.2, 0.25) is 0 Å². The van der Waals surface area contributed by atoms with E-state index in [0.717, 1.165) is 51.4 Å². The summed E-state index contributed by atoms with van der Waals surface area (Å²) in [6.07, 6.45) is 36.6. The number of hydrogen-bond donors (Lipinski definition) is 2. The summed E-state index contributed by atoms with van der Waals surface area (Å²) in [4.78, 5) is 24.0. The number of ether oxygens (including phenoxy) is 2. The van der Waals surface area contributed by atoms with E-state index in [0.29, 0.717) is 19.3 Å². The van der Waals surface area contributed by atoms with Crippen LogP contribution in [0.25, 0.3) is 0 Å². The molecule has 0 aromatic carbocycles. The molecule has 0 aromatic heterocycles. The van der Waals surface area contributed by atoms with E-state index in [1.807, 2.05) is 19.1 Å². The largest absolute Gasteiger partial charge is 0.462 e. The summed E-state index contributed by atoms with van der Waals surface area (Å²) in [7, 11) is 0. The molecule has 0 aliphatic heterocycles. The second-order valence-electron chi connectivity index (χ2n) is 10.7. The van der Waals surface area contributed by atoms with Gasteiger partial charge in [-0.1, -0.05) is 132 Å². The van der Waals surface area contributed by atoms with E-state index in [4.69, 9.17) is 9.47 Å². The van der Waals surface area contributed by atoms with E-state index < -0.39 is 6.10 Å². The van der Waals surface area contributed by atoms with Gasteiger partial charge in [0.15, 0.2) is 6.10 Å². The fraction of sp³-hybridized carbons (Fsp3) is 0.667. The third-order valence-corrected chi connectivity index (χ3v) is 6.73. The van der Waals surface area contributed by atoms with Gasteiger partial charge in [-0.2, -0.15) is 0 Å². The number of aliphatic hydroxyl groups excluding tert-OH is 2. The molecule has 2 atom stereocenters. The first kappa shape index (κ1) is 39.6. The molecule has 0 spiro atoms. The minimum absolute atomic E-state index is 0.107. The number of carbonyl (C=O) groups is 2. The summed E-state index contributed by atoms with van der Waals surface area (Å²) < 4.78 is 10.5. The van der Waals surface area contributed by atoms with Crippen molar-refractivity contribution in [2.24, 2.45) is 0 Å². The minimum Gasteiger partial charge on any atom is -0.462 e. The Hall–Kier alpha value is -2.44. The van der Waals surface area contributed by atoms with Crippen molar-refractivity contribution in [3.63, 3.8) is 0 Å². The molecule has 0 unspecified atom stereocenters. The zero-order valence-corrected chi connectivity index (χ0v) is 26.6. The summed E-state index contributed by atoms with van der Waals surface area (Å²) >= 11 is 0. The summed E-state index contributed by atoms with van der Waals surface area (Å²) in [5, 5.41) is 18.9. The lowest BCUT2D eigenvalue weighted by molar-refractivity contribution is -0.161. The molecular weight excluding hydrogens is 528 g/mol. The van der Waals surface area contributed by atoms with Gasteiger partial charge >= 0.3 is 11.9 Å². The Morgan fingerprint density at radius 3 is 1.81 bits per heavy atom. The van der Waals surface area contributed by atoms with Crippen molar-refractivity contribution in [3.8, 4) is 0 Å². The molecule has 0 aliphatic carbocycles. The normalized spacial score (nSPS) is 13.7. The Balaban J connectivity index is 3.76. The van der Waals surface area contributed by atoms with E-state index in [-0.39, 0.29) is 31.3 Å². The highest BCUT2D eigenvalue weighted by atomic mass is 16.6. The number of carbonyl (C=O) groups excluding carboxylic acids is 2. The molecule has 0 amide bonds. The van der Waals surface area contributed by atoms with Gasteiger partial charge in [-0.25, -0.2) is 0 Å². The fourth-order valence-corrected chi connectivity index (χ4v) is 4.07. The van der Waals surface area contributed by atoms with Gasteiger partial charge in [-0.3, -0.25) is 9.59 Å². The highest BCUT2D eigenvalue weighted by Crippen LogP contribution is 2.12. The maximum atomic E-state index is 12.0. The lowest BCUT2D eigenvalue weighted by atomic mass is 10.1. The Bertz CT molecular complexity index is 780. The van der Waals surface area contributed by atoms with Crippen molar-refractivity contribution < 1.29 is 29.3 Å². The molecule has 0 aliphatic rings. The number of hydrogen-bond acceptors (Lipinski definition) is 6. The van der Waals surface area contributed by atoms with Crippen molar-refractivity contribution in [1.82, 2.24) is 0 Å². The molecule has 0 bridgehead atoms.